The Morgan fingerprint density at radius 2 is 1.61 bits per heavy atom. The number of benzene rings is 1. The summed E-state index contributed by atoms with van der Waals surface area (Å²) in [5.74, 6) is 0.310. The van der Waals surface area contributed by atoms with Crippen LogP contribution < -0.4 is 0 Å². The van der Waals surface area contributed by atoms with E-state index in [1.54, 1.807) is 4.90 Å². The monoisotopic (exact) mass is 389 g/mol. The Kier molecular flexibility index (Phi) is 7.71. The molecule has 0 radical (unpaired) electrons. The van der Waals surface area contributed by atoms with Crippen molar-refractivity contribution in [1.82, 2.24) is 4.90 Å². The molecule has 2 fully saturated rings. The van der Waals surface area contributed by atoms with Crippen LogP contribution in [0.4, 0.5) is 4.79 Å². The number of methoxy groups -OCH3 is 1. The molecule has 3 rings (SSSR count). The fourth-order valence-corrected chi connectivity index (χ4v) is 4.05. The number of nitrogens with zero attached hydrogens (tertiary/aromatic N) is 1. The highest BCUT2D eigenvalue weighted by Crippen LogP contribution is 2.30. The minimum absolute atomic E-state index is 0.115. The lowest BCUT2D eigenvalue weighted by Gasteiger charge is -2.35. The molecule has 154 valence electrons. The lowest BCUT2D eigenvalue weighted by molar-refractivity contribution is -0.142. The highest BCUT2D eigenvalue weighted by Gasteiger charge is 2.29. The van der Waals surface area contributed by atoms with E-state index in [0.717, 1.165) is 44.1 Å². The lowest BCUT2D eigenvalue weighted by Crippen LogP contribution is -2.42. The fraction of sp³-hybridized carbons (Fsp3) is 0.636. The summed E-state index contributed by atoms with van der Waals surface area (Å²) in [5, 5.41) is 0. The maximum atomic E-state index is 12.2. The number of hydrogen-bond acceptors (Lipinski definition) is 5. The maximum Gasteiger partial charge on any atom is 0.410 e. The van der Waals surface area contributed by atoms with E-state index in [1.807, 2.05) is 30.3 Å². The van der Waals surface area contributed by atoms with E-state index >= 15 is 0 Å². The van der Waals surface area contributed by atoms with Crippen molar-refractivity contribution in [2.24, 2.45) is 5.92 Å². The van der Waals surface area contributed by atoms with Gasteiger partial charge in [0.25, 0.3) is 0 Å². The Bertz CT molecular complexity index is 619. The van der Waals surface area contributed by atoms with E-state index < -0.39 is 0 Å². The number of likely N-dealkylation sites (tertiary alicyclic amines) is 1. The molecule has 1 aliphatic heterocycles. The average molecular weight is 389 g/mol. The molecule has 0 aromatic heterocycles. The van der Waals surface area contributed by atoms with Gasteiger partial charge in [0.2, 0.25) is 0 Å². The van der Waals surface area contributed by atoms with Gasteiger partial charge in [-0.15, -0.1) is 0 Å². The Morgan fingerprint density at radius 1 is 0.964 bits per heavy atom. The zero-order valence-corrected chi connectivity index (χ0v) is 16.7. The van der Waals surface area contributed by atoms with E-state index in [-0.39, 0.29) is 24.3 Å². The number of carbonyl (C=O) groups excluding carboxylic acids is 2. The molecule has 2 aliphatic rings. The van der Waals surface area contributed by atoms with E-state index in [4.69, 9.17) is 14.2 Å². The van der Waals surface area contributed by atoms with Crippen LogP contribution in [0.1, 0.15) is 50.5 Å². The molecule has 0 unspecified atom stereocenters. The predicted octanol–water partition coefficient (Wildman–Crippen LogP) is 3.93. The molecule has 0 spiro atoms. The first-order chi connectivity index (χ1) is 13.6. The molecule has 6 heteroatoms. The van der Waals surface area contributed by atoms with Gasteiger partial charge in [-0.3, -0.25) is 4.79 Å². The first kappa shape index (κ1) is 20.6. The summed E-state index contributed by atoms with van der Waals surface area (Å²) >= 11 is 0. The van der Waals surface area contributed by atoms with E-state index in [1.165, 1.54) is 7.11 Å². The second kappa shape index (κ2) is 10.5. The normalized spacial score (nSPS) is 23.2. The Morgan fingerprint density at radius 3 is 2.25 bits per heavy atom. The second-order valence-electron chi connectivity index (χ2n) is 7.79. The van der Waals surface area contributed by atoms with Crippen molar-refractivity contribution >= 4 is 12.1 Å². The van der Waals surface area contributed by atoms with Crippen LogP contribution in [0.5, 0.6) is 0 Å². The summed E-state index contributed by atoms with van der Waals surface area (Å²) in [6.07, 6.45) is 6.50. The van der Waals surface area contributed by atoms with Crippen LogP contribution >= 0.6 is 0 Å². The SMILES string of the molecule is COC(=O)CC1CCC(OC2CCN(C(=O)OCc3ccccc3)CC2)CC1. The van der Waals surface area contributed by atoms with Gasteiger partial charge >= 0.3 is 12.1 Å². The number of hydrogen-bond donors (Lipinski definition) is 0. The Balaban J connectivity index is 1.32. The van der Waals surface area contributed by atoms with Gasteiger partial charge in [0.05, 0.1) is 19.3 Å². The van der Waals surface area contributed by atoms with E-state index in [9.17, 15) is 9.59 Å². The van der Waals surface area contributed by atoms with Gasteiger partial charge in [-0.1, -0.05) is 30.3 Å². The molecular weight excluding hydrogens is 358 g/mol. The van der Waals surface area contributed by atoms with Crippen LogP contribution in [0.2, 0.25) is 0 Å². The van der Waals surface area contributed by atoms with Crippen molar-refractivity contribution in [2.75, 3.05) is 20.2 Å². The van der Waals surface area contributed by atoms with Crippen LogP contribution in [0, 0.1) is 5.92 Å². The molecule has 1 saturated heterocycles. The van der Waals surface area contributed by atoms with E-state index in [0.29, 0.717) is 32.0 Å². The van der Waals surface area contributed by atoms with Gasteiger partial charge in [-0.25, -0.2) is 4.79 Å². The highest BCUT2D eigenvalue weighted by molar-refractivity contribution is 5.69. The molecule has 1 saturated carbocycles. The third-order valence-corrected chi connectivity index (χ3v) is 5.77. The highest BCUT2D eigenvalue weighted by atomic mass is 16.6. The molecular formula is C22H31NO5. The van der Waals surface area contributed by atoms with Gasteiger partial charge in [0.1, 0.15) is 6.61 Å². The summed E-state index contributed by atoms with van der Waals surface area (Å²) in [4.78, 5) is 25.4. The number of ether oxygens (including phenoxy) is 3. The third kappa shape index (κ3) is 6.23. The molecule has 28 heavy (non-hydrogen) atoms. The second-order valence-corrected chi connectivity index (χ2v) is 7.79. The number of amides is 1. The van der Waals surface area contributed by atoms with Crippen LogP contribution in [-0.4, -0.2) is 49.4 Å². The minimum atomic E-state index is -0.245. The van der Waals surface area contributed by atoms with Crippen molar-refractivity contribution in [2.45, 2.75) is 63.8 Å². The molecule has 1 heterocycles. The molecule has 1 amide bonds. The van der Waals surface area contributed by atoms with Crippen LogP contribution in [0.15, 0.2) is 30.3 Å². The Hall–Kier alpha value is -2.08. The lowest BCUT2D eigenvalue weighted by atomic mass is 9.85. The largest absolute Gasteiger partial charge is 0.469 e. The van der Waals surface area contributed by atoms with Crippen LogP contribution in [-0.2, 0) is 25.6 Å². The van der Waals surface area contributed by atoms with Gasteiger partial charge < -0.3 is 19.1 Å². The van der Waals surface area contributed by atoms with Gasteiger partial charge in [-0.05, 0) is 50.0 Å². The molecule has 6 nitrogen and oxygen atoms in total. The molecule has 0 bridgehead atoms. The fourth-order valence-electron chi connectivity index (χ4n) is 4.05. The summed E-state index contributed by atoms with van der Waals surface area (Å²) in [6.45, 7) is 1.66. The number of piperidine rings is 1. The quantitative estimate of drug-likeness (QED) is 0.690. The molecule has 0 atom stereocenters. The molecule has 1 aliphatic carbocycles. The van der Waals surface area contributed by atoms with Crippen molar-refractivity contribution in [3.63, 3.8) is 0 Å². The zero-order valence-electron chi connectivity index (χ0n) is 16.7. The van der Waals surface area contributed by atoms with Gasteiger partial charge in [-0.2, -0.15) is 0 Å². The molecule has 1 aromatic carbocycles. The maximum absolute atomic E-state index is 12.2. The summed E-state index contributed by atoms with van der Waals surface area (Å²) < 4.78 is 16.4. The van der Waals surface area contributed by atoms with Gasteiger partial charge in [0.15, 0.2) is 0 Å². The summed E-state index contributed by atoms with van der Waals surface area (Å²) in [5.41, 5.74) is 0.997. The number of carbonyl (C=O) groups is 2. The number of esters is 1. The summed E-state index contributed by atoms with van der Waals surface area (Å²) in [6, 6.07) is 9.73. The Labute approximate surface area is 167 Å². The van der Waals surface area contributed by atoms with Crippen molar-refractivity contribution in [3.8, 4) is 0 Å². The zero-order chi connectivity index (χ0) is 19.8. The molecule has 0 N–H and O–H groups in total. The predicted molar refractivity (Wildman–Crippen MR) is 105 cm³/mol. The first-order valence-corrected chi connectivity index (χ1v) is 10.3. The van der Waals surface area contributed by atoms with Crippen molar-refractivity contribution in [3.05, 3.63) is 35.9 Å². The van der Waals surface area contributed by atoms with Crippen molar-refractivity contribution in [1.29, 1.82) is 0 Å². The van der Waals surface area contributed by atoms with Crippen LogP contribution in [0.3, 0.4) is 0 Å². The number of rotatable bonds is 6. The molecule has 1 aromatic rings. The van der Waals surface area contributed by atoms with Crippen LogP contribution in [0.25, 0.3) is 0 Å². The minimum Gasteiger partial charge on any atom is -0.469 e. The van der Waals surface area contributed by atoms with Gasteiger partial charge in [0, 0.05) is 19.5 Å². The first-order valence-electron chi connectivity index (χ1n) is 10.3. The standard InChI is InChI=1S/C22H31NO5/c1-26-21(24)15-17-7-9-19(10-8-17)28-20-11-13-23(14-12-20)22(25)27-16-18-5-3-2-4-6-18/h2-6,17,19-20H,7-16H2,1H3. The summed E-state index contributed by atoms with van der Waals surface area (Å²) in [7, 11) is 1.45. The van der Waals surface area contributed by atoms with Crippen molar-refractivity contribution < 1.29 is 23.8 Å². The topological polar surface area (TPSA) is 65.1 Å². The average Bonchev–Trinajstić information content (AvgIpc) is 2.74. The third-order valence-electron chi connectivity index (χ3n) is 5.77. The smallest absolute Gasteiger partial charge is 0.410 e. The van der Waals surface area contributed by atoms with E-state index in [2.05, 4.69) is 0 Å².